The summed E-state index contributed by atoms with van der Waals surface area (Å²) in [4.78, 5) is 15.2. The molecule has 0 atom stereocenters. The van der Waals surface area contributed by atoms with E-state index < -0.39 is 10.0 Å². The van der Waals surface area contributed by atoms with Crippen molar-refractivity contribution in [1.29, 1.82) is 0 Å². The lowest BCUT2D eigenvalue weighted by molar-refractivity contribution is 0.0913. The Hall–Kier alpha value is -1.64. The molecular weight excluding hydrogens is 378 g/mol. The number of hydrogen-bond donors (Lipinski definition) is 1. The van der Waals surface area contributed by atoms with E-state index in [0.717, 1.165) is 38.8 Å². The highest BCUT2D eigenvalue weighted by atomic mass is 32.2. The number of likely N-dealkylation sites (tertiary alicyclic amines) is 1. The van der Waals surface area contributed by atoms with Gasteiger partial charge in [0.15, 0.2) is 0 Å². The molecule has 1 N–H and O–H groups in total. The second-order valence-electron chi connectivity index (χ2n) is 8.00. The predicted octanol–water partition coefficient (Wildman–Crippen LogP) is 1.94. The van der Waals surface area contributed by atoms with E-state index in [9.17, 15) is 13.2 Å². The lowest BCUT2D eigenvalue weighted by Gasteiger charge is -2.30. The van der Waals surface area contributed by atoms with Gasteiger partial charge in [-0.2, -0.15) is 4.31 Å². The zero-order chi connectivity index (χ0) is 20.3. The molecule has 28 heavy (non-hydrogen) atoms. The van der Waals surface area contributed by atoms with Crippen LogP contribution in [0.4, 0.5) is 0 Å². The zero-order valence-electron chi connectivity index (χ0n) is 17.0. The molecular formula is C20H31N3O4S. The van der Waals surface area contributed by atoms with Crippen molar-refractivity contribution >= 4 is 15.9 Å². The van der Waals surface area contributed by atoms with Crippen molar-refractivity contribution in [3.63, 3.8) is 0 Å². The zero-order valence-corrected chi connectivity index (χ0v) is 17.8. The molecule has 0 aromatic heterocycles. The summed E-state index contributed by atoms with van der Waals surface area (Å²) in [6.45, 7) is 5.05. The summed E-state index contributed by atoms with van der Waals surface area (Å²) in [6, 6.07) is 4.65. The Bertz CT molecular complexity index is 796. The van der Waals surface area contributed by atoms with Gasteiger partial charge in [-0.15, -0.1) is 0 Å². The molecule has 0 spiro atoms. The predicted molar refractivity (Wildman–Crippen MR) is 108 cm³/mol. The number of rotatable bonds is 5. The second kappa shape index (κ2) is 8.80. The maximum Gasteiger partial charge on any atom is 0.255 e. The Morgan fingerprint density at radius 2 is 1.75 bits per heavy atom. The first-order valence-corrected chi connectivity index (χ1v) is 11.4. The Balaban J connectivity index is 1.80. The van der Waals surface area contributed by atoms with Gasteiger partial charge in [0.25, 0.3) is 5.91 Å². The number of ether oxygens (including phenoxy) is 1. The van der Waals surface area contributed by atoms with Crippen LogP contribution in [0.1, 0.15) is 43.0 Å². The van der Waals surface area contributed by atoms with E-state index >= 15 is 0 Å². The van der Waals surface area contributed by atoms with Gasteiger partial charge in [0, 0.05) is 19.1 Å². The molecule has 3 rings (SSSR count). The lowest BCUT2D eigenvalue weighted by Crippen LogP contribution is -2.43. The third-order valence-electron chi connectivity index (χ3n) is 5.85. The first-order valence-electron chi connectivity index (χ1n) is 9.99. The molecule has 0 bridgehead atoms. The third-order valence-corrected chi connectivity index (χ3v) is 7.74. The molecule has 2 aliphatic heterocycles. The Labute approximate surface area is 168 Å². The fourth-order valence-electron chi connectivity index (χ4n) is 3.82. The monoisotopic (exact) mass is 409 g/mol. The molecule has 7 nitrogen and oxygen atoms in total. The van der Waals surface area contributed by atoms with Gasteiger partial charge in [0.2, 0.25) is 10.0 Å². The van der Waals surface area contributed by atoms with Crippen molar-refractivity contribution < 1.29 is 17.9 Å². The Morgan fingerprint density at radius 1 is 1.11 bits per heavy atom. The molecule has 0 saturated carbocycles. The quantitative estimate of drug-likeness (QED) is 0.804. The average Bonchev–Trinajstić information content (AvgIpc) is 2.69. The van der Waals surface area contributed by atoms with E-state index in [-0.39, 0.29) is 22.4 Å². The van der Waals surface area contributed by atoms with Gasteiger partial charge in [-0.3, -0.25) is 4.79 Å². The maximum absolute atomic E-state index is 13.0. The van der Waals surface area contributed by atoms with Crippen molar-refractivity contribution in [3.05, 3.63) is 23.8 Å². The van der Waals surface area contributed by atoms with Gasteiger partial charge in [0.1, 0.15) is 5.75 Å². The summed E-state index contributed by atoms with van der Waals surface area (Å²) in [6.07, 6.45) is 3.49. The molecule has 2 heterocycles. The molecule has 2 fully saturated rings. The molecule has 1 amide bonds. The minimum atomic E-state index is -3.62. The van der Waals surface area contributed by atoms with Gasteiger partial charge in [-0.1, -0.05) is 6.92 Å². The van der Waals surface area contributed by atoms with Gasteiger partial charge in [-0.05, 0) is 69.9 Å². The number of benzene rings is 1. The summed E-state index contributed by atoms with van der Waals surface area (Å²) >= 11 is 0. The molecule has 2 saturated heterocycles. The van der Waals surface area contributed by atoms with Crippen LogP contribution in [0.15, 0.2) is 23.1 Å². The number of nitrogens with one attached hydrogen (secondary N) is 1. The lowest BCUT2D eigenvalue weighted by atomic mass is 10.0. The van der Waals surface area contributed by atoms with Crippen LogP contribution in [-0.2, 0) is 10.0 Å². The largest absolute Gasteiger partial charge is 0.496 e. The molecule has 0 aliphatic carbocycles. The summed E-state index contributed by atoms with van der Waals surface area (Å²) < 4.78 is 32.9. The number of methoxy groups -OCH3 is 1. The number of nitrogens with zero attached hydrogens (tertiary/aromatic N) is 2. The van der Waals surface area contributed by atoms with Crippen LogP contribution in [0.5, 0.6) is 5.75 Å². The Kier molecular flexibility index (Phi) is 6.62. The van der Waals surface area contributed by atoms with E-state index in [2.05, 4.69) is 24.2 Å². The first kappa shape index (κ1) is 21.1. The second-order valence-corrected chi connectivity index (χ2v) is 9.94. The number of sulfonamides is 1. The molecule has 2 aliphatic rings. The highest BCUT2D eigenvalue weighted by Gasteiger charge is 2.30. The van der Waals surface area contributed by atoms with Crippen LogP contribution in [0, 0.1) is 5.92 Å². The van der Waals surface area contributed by atoms with Crippen molar-refractivity contribution in [3.8, 4) is 5.75 Å². The summed E-state index contributed by atoms with van der Waals surface area (Å²) in [7, 11) is -0.0615. The van der Waals surface area contributed by atoms with Crippen molar-refractivity contribution in [1.82, 2.24) is 14.5 Å². The molecule has 156 valence electrons. The third kappa shape index (κ3) is 4.67. The highest BCUT2D eigenvalue weighted by Crippen LogP contribution is 2.27. The number of carbonyl (C=O) groups is 1. The number of piperidine rings is 2. The maximum atomic E-state index is 13.0. The van der Waals surface area contributed by atoms with Crippen LogP contribution < -0.4 is 10.1 Å². The van der Waals surface area contributed by atoms with Gasteiger partial charge in [0.05, 0.1) is 17.6 Å². The van der Waals surface area contributed by atoms with Crippen LogP contribution >= 0.6 is 0 Å². The van der Waals surface area contributed by atoms with Gasteiger partial charge < -0.3 is 15.0 Å². The first-order chi connectivity index (χ1) is 13.3. The summed E-state index contributed by atoms with van der Waals surface area (Å²) in [5, 5.41) is 3.04. The van der Waals surface area contributed by atoms with E-state index in [1.807, 2.05) is 0 Å². The van der Waals surface area contributed by atoms with Crippen molar-refractivity contribution in [2.24, 2.45) is 5.92 Å². The SMILES string of the molecule is COc1ccc(S(=O)(=O)N2CCC(C)CC2)cc1C(=O)NC1CCN(C)CC1. The van der Waals surface area contributed by atoms with Gasteiger partial charge in [-0.25, -0.2) is 8.42 Å². The molecule has 1 aromatic carbocycles. The smallest absolute Gasteiger partial charge is 0.255 e. The molecule has 0 radical (unpaired) electrons. The van der Waals surface area contributed by atoms with Crippen LogP contribution in [0.3, 0.4) is 0 Å². The minimum absolute atomic E-state index is 0.0947. The van der Waals surface area contributed by atoms with Crippen molar-refractivity contribution in [2.75, 3.05) is 40.3 Å². The number of carbonyl (C=O) groups excluding carboxylic acids is 1. The highest BCUT2D eigenvalue weighted by molar-refractivity contribution is 7.89. The number of hydrogen-bond acceptors (Lipinski definition) is 5. The fraction of sp³-hybridized carbons (Fsp3) is 0.650. The van der Waals surface area contributed by atoms with Crippen molar-refractivity contribution in [2.45, 2.75) is 43.5 Å². The minimum Gasteiger partial charge on any atom is -0.496 e. The normalized spacial score (nSPS) is 20.8. The van der Waals surface area contributed by atoms with E-state index in [1.54, 1.807) is 6.07 Å². The van der Waals surface area contributed by atoms with Crippen LogP contribution in [0.2, 0.25) is 0 Å². The summed E-state index contributed by atoms with van der Waals surface area (Å²) in [5.74, 6) is 0.644. The molecule has 8 heteroatoms. The standard InChI is InChI=1S/C20H31N3O4S/c1-15-6-12-23(13-7-15)28(25,26)17-4-5-19(27-3)18(14-17)20(24)21-16-8-10-22(2)11-9-16/h4-5,14-16H,6-13H2,1-3H3,(H,21,24). The molecule has 1 aromatic rings. The number of amides is 1. The van der Waals surface area contributed by atoms with Crippen LogP contribution in [0.25, 0.3) is 0 Å². The molecule has 0 unspecified atom stereocenters. The summed E-state index contributed by atoms with van der Waals surface area (Å²) in [5.41, 5.74) is 0.271. The van der Waals surface area contributed by atoms with Gasteiger partial charge >= 0.3 is 0 Å². The Morgan fingerprint density at radius 3 is 2.36 bits per heavy atom. The van der Waals surface area contributed by atoms with E-state index in [0.29, 0.717) is 24.8 Å². The van der Waals surface area contributed by atoms with E-state index in [4.69, 9.17) is 4.74 Å². The topological polar surface area (TPSA) is 79.0 Å². The average molecular weight is 410 g/mol. The van der Waals surface area contributed by atoms with E-state index in [1.165, 1.54) is 23.5 Å². The van der Waals surface area contributed by atoms with Crippen LogP contribution in [-0.4, -0.2) is 69.9 Å². The fourth-order valence-corrected chi connectivity index (χ4v) is 5.31.